The molecule has 292 valence electrons. The standard InChI is InChI=1S/C41H69O9P/c1-3-5-7-9-11-13-15-16-17-18-19-20-21-22-23-24-26-28-30-32-34-47-37-40(38-49-51(45,46)48-36-39(43)35-42)50-41(44)33-31-29-27-25-14-12-10-8-6-4-2/h5,7-8,10-11,13,16-17,19-20,22-23,26,28,39-40,42-43H,3-4,6,9,12,14-15,18,21,24-25,27,29-38H2,1-2H3,(H,45,46)/b7-5-,10-8-,13-11-,17-16-,20-19-,23-22-,28-26-. The minimum absolute atomic E-state index is 0.000302. The van der Waals surface area contributed by atoms with Gasteiger partial charge in [-0.2, -0.15) is 0 Å². The predicted molar refractivity (Wildman–Crippen MR) is 209 cm³/mol. The second-order valence-corrected chi connectivity index (χ2v) is 13.7. The van der Waals surface area contributed by atoms with Crippen molar-refractivity contribution in [1.29, 1.82) is 0 Å². The summed E-state index contributed by atoms with van der Waals surface area (Å²) in [6.07, 6.45) is 44.2. The fourth-order valence-corrected chi connectivity index (χ4v) is 5.22. The number of allylic oxidation sites excluding steroid dienone is 14. The summed E-state index contributed by atoms with van der Waals surface area (Å²) in [5.74, 6) is -0.419. The van der Waals surface area contributed by atoms with Crippen LogP contribution in [0, 0.1) is 0 Å². The first-order valence-electron chi connectivity index (χ1n) is 19.1. The zero-order valence-corrected chi connectivity index (χ0v) is 32.4. The van der Waals surface area contributed by atoms with E-state index in [-0.39, 0.29) is 13.0 Å². The molecule has 0 amide bonds. The fraction of sp³-hybridized carbons (Fsp3) is 0.634. The zero-order valence-electron chi connectivity index (χ0n) is 31.5. The minimum atomic E-state index is -4.53. The van der Waals surface area contributed by atoms with Crippen LogP contribution in [0.3, 0.4) is 0 Å². The lowest BCUT2D eigenvalue weighted by atomic mass is 10.1. The molecule has 3 atom stereocenters. The van der Waals surface area contributed by atoms with E-state index in [2.05, 4.69) is 98.9 Å². The molecule has 10 heteroatoms. The van der Waals surface area contributed by atoms with Crippen LogP contribution in [0.15, 0.2) is 85.1 Å². The summed E-state index contributed by atoms with van der Waals surface area (Å²) in [6.45, 7) is 3.12. The molecule has 3 N–H and O–H groups in total. The van der Waals surface area contributed by atoms with Crippen molar-refractivity contribution in [3.63, 3.8) is 0 Å². The van der Waals surface area contributed by atoms with Crippen LogP contribution >= 0.6 is 7.82 Å². The Hall–Kier alpha value is -2.36. The molecule has 0 spiro atoms. The summed E-state index contributed by atoms with van der Waals surface area (Å²) in [5.41, 5.74) is 0. The van der Waals surface area contributed by atoms with Crippen molar-refractivity contribution in [3.8, 4) is 0 Å². The minimum Gasteiger partial charge on any atom is -0.457 e. The molecular weight excluding hydrogens is 667 g/mol. The summed E-state index contributed by atoms with van der Waals surface area (Å²) >= 11 is 0. The molecule has 0 aromatic heterocycles. The molecule has 3 unspecified atom stereocenters. The van der Waals surface area contributed by atoms with Crippen molar-refractivity contribution >= 4 is 13.8 Å². The van der Waals surface area contributed by atoms with Gasteiger partial charge in [-0.25, -0.2) is 4.57 Å². The molecule has 0 saturated carbocycles. The Bertz CT molecular complexity index is 1060. The van der Waals surface area contributed by atoms with Crippen LogP contribution in [0.5, 0.6) is 0 Å². The van der Waals surface area contributed by atoms with Crippen molar-refractivity contribution in [3.05, 3.63) is 85.1 Å². The number of phosphoric acid groups is 1. The summed E-state index contributed by atoms with van der Waals surface area (Å²) in [5, 5.41) is 18.3. The fourth-order valence-electron chi connectivity index (χ4n) is 4.43. The number of hydrogen-bond donors (Lipinski definition) is 3. The van der Waals surface area contributed by atoms with E-state index in [0.717, 1.165) is 89.9 Å². The highest BCUT2D eigenvalue weighted by Gasteiger charge is 2.26. The molecule has 0 aliphatic rings. The molecule has 0 aromatic rings. The van der Waals surface area contributed by atoms with Crippen LogP contribution in [0.1, 0.15) is 123 Å². The monoisotopic (exact) mass is 736 g/mol. The number of esters is 1. The number of ether oxygens (including phenoxy) is 2. The van der Waals surface area contributed by atoms with Gasteiger partial charge in [0.25, 0.3) is 0 Å². The van der Waals surface area contributed by atoms with Gasteiger partial charge in [-0.05, 0) is 77.0 Å². The SMILES string of the molecule is CC/C=C\C/C=C\C/C=C\C/C=C\C/C=C\C/C=C\CCCOCC(COP(=O)(O)OCC(O)CO)OC(=O)CCCCCCC/C=C\CCC. The van der Waals surface area contributed by atoms with E-state index in [1.165, 1.54) is 6.42 Å². The van der Waals surface area contributed by atoms with Crippen LogP contribution in [0.25, 0.3) is 0 Å². The van der Waals surface area contributed by atoms with Gasteiger partial charge in [0.15, 0.2) is 0 Å². The maximum absolute atomic E-state index is 12.5. The van der Waals surface area contributed by atoms with Gasteiger partial charge in [-0.15, -0.1) is 0 Å². The number of aliphatic hydroxyl groups excluding tert-OH is 2. The van der Waals surface area contributed by atoms with Crippen molar-refractivity contribution < 1.29 is 43.0 Å². The van der Waals surface area contributed by atoms with Crippen LogP contribution < -0.4 is 0 Å². The summed E-state index contributed by atoms with van der Waals surface area (Å²) in [4.78, 5) is 22.4. The van der Waals surface area contributed by atoms with Gasteiger partial charge < -0.3 is 24.6 Å². The molecule has 0 aliphatic heterocycles. The van der Waals surface area contributed by atoms with Crippen molar-refractivity contribution in [2.45, 2.75) is 135 Å². The Labute approximate surface area is 309 Å². The van der Waals surface area contributed by atoms with Crippen LogP contribution in [0.4, 0.5) is 0 Å². The Balaban J connectivity index is 4.34. The smallest absolute Gasteiger partial charge is 0.457 e. The molecule has 0 rings (SSSR count). The molecule has 0 aromatic carbocycles. The number of carbonyl (C=O) groups excluding carboxylic acids is 1. The third kappa shape index (κ3) is 37.2. The van der Waals surface area contributed by atoms with E-state index >= 15 is 0 Å². The van der Waals surface area contributed by atoms with Gasteiger partial charge in [0.05, 0.1) is 26.4 Å². The van der Waals surface area contributed by atoms with Gasteiger partial charge >= 0.3 is 13.8 Å². The van der Waals surface area contributed by atoms with Gasteiger partial charge in [-0.3, -0.25) is 13.8 Å². The molecule has 0 saturated heterocycles. The lowest BCUT2D eigenvalue weighted by Crippen LogP contribution is -2.29. The highest BCUT2D eigenvalue weighted by molar-refractivity contribution is 7.47. The van der Waals surface area contributed by atoms with Crippen LogP contribution in [-0.2, 0) is 27.9 Å². The first-order chi connectivity index (χ1) is 24.8. The van der Waals surface area contributed by atoms with Crippen molar-refractivity contribution in [2.75, 3.05) is 33.0 Å². The molecular formula is C41H69O9P. The average Bonchev–Trinajstić information content (AvgIpc) is 3.12. The molecule has 9 nitrogen and oxygen atoms in total. The maximum Gasteiger partial charge on any atom is 0.472 e. The Morgan fingerprint density at radius 3 is 1.71 bits per heavy atom. The summed E-state index contributed by atoms with van der Waals surface area (Å²) < 4.78 is 33.1. The molecule has 0 aliphatic carbocycles. The van der Waals surface area contributed by atoms with E-state index in [4.69, 9.17) is 23.6 Å². The number of phosphoric ester groups is 1. The first kappa shape index (κ1) is 48.6. The van der Waals surface area contributed by atoms with Gasteiger partial charge in [0.1, 0.15) is 12.2 Å². The largest absolute Gasteiger partial charge is 0.472 e. The predicted octanol–water partition coefficient (Wildman–Crippen LogP) is 9.97. The third-order valence-corrected chi connectivity index (χ3v) is 8.25. The first-order valence-corrected chi connectivity index (χ1v) is 20.6. The lowest BCUT2D eigenvalue weighted by Gasteiger charge is -2.20. The maximum atomic E-state index is 12.5. The van der Waals surface area contributed by atoms with Crippen LogP contribution in [0.2, 0.25) is 0 Å². The molecule has 0 bridgehead atoms. The van der Waals surface area contributed by atoms with E-state index < -0.39 is 45.8 Å². The van der Waals surface area contributed by atoms with E-state index in [9.17, 15) is 19.4 Å². The molecule has 0 fully saturated rings. The second-order valence-electron chi connectivity index (χ2n) is 12.2. The highest BCUT2D eigenvalue weighted by Crippen LogP contribution is 2.43. The topological polar surface area (TPSA) is 132 Å². The zero-order chi connectivity index (χ0) is 37.5. The molecule has 0 heterocycles. The molecule has 51 heavy (non-hydrogen) atoms. The summed E-state index contributed by atoms with van der Waals surface area (Å²) in [7, 11) is -4.53. The normalized spacial score (nSPS) is 15.2. The van der Waals surface area contributed by atoms with Gasteiger partial charge in [0.2, 0.25) is 0 Å². The highest BCUT2D eigenvalue weighted by atomic mass is 31.2. The van der Waals surface area contributed by atoms with Crippen molar-refractivity contribution in [1.82, 2.24) is 0 Å². The Morgan fingerprint density at radius 2 is 1.12 bits per heavy atom. The average molecular weight is 737 g/mol. The van der Waals surface area contributed by atoms with Gasteiger partial charge in [-0.1, -0.05) is 125 Å². The quantitative estimate of drug-likeness (QED) is 0.0252. The van der Waals surface area contributed by atoms with Crippen LogP contribution in [-0.4, -0.2) is 66.3 Å². The van der Waals surface area contributed by atoms with Crippen molar-refractivity contribution in [2.24, 2.45) is 0 Å². The number of hydrogen-bond acceptors (Lipinski definition) is 8. The lowest BCUT2D eigenvalue weighted by molar-refractivity contribution is -0.154. The molecule has 0 radical (unpaired) electrons. The number of rotatable bonds is 35. The number of aliphatic hydroxyl groups is 2. The third-order valence-electron chi connectivity index (χ3n) is 7.30. The van der Waals surface area contributed by atoms with Gasteiger partial charge in [0, 0.05) is 13.0 Å². The number of carbonyl (C=O) groups is 1. The Kier molecular flexibility index (Phi) is 35.7. The summed E-state index contributed by atoms with van der Waals surface area (Å²) in [6, 6.07) is 0. The van der Waals surface area contributed by atoms with E-state index in [0.29, 0.717) is 13.0 Å². The Morgan fingerprint density at radius 1 is 0.627 bits per heavy atom. The second kappa shape index (κ2) is 37.4. The van der Waals surface area contributed by atoms with E-state index in [1.807, 2.05) is 0 Å². The van der Waals surface area contributed by atoms with E-state index in [1.54, 1.807) is 0 Å². The number of unbranched alkanes of at least 4 members (excludes halogenated alkanes) is 7.